The van der Waals surface area contributed by atoms with Gasteiger partial charge in [-0.3, -0.25) is 14.4 Å². The van der Waals surface area contributed by atoms with E-state index in [1.54, 1.807) is 6.92 Å². The molecule has 1 saturated heterocycles. The Morgan fingerprint density at radius 3 is 2.27 bits per heavy atom. The van der Waals surface area contributed by atoms with Gasteiger partial charge in [-0.1, -0.05) is 24.3 Å². The molecule has 11 heteroatoms. The average Bonchev–Trinajstić information content (AvgIpc) is 3.50. The molecule has 4 rings (SSSR count). The van der Waals surface area contributed by atoms with E-state index in [1.165, 1.54) is 49.8 Å². The van der Waals surface area contributed by atoms with Crippen LogP contribution in [-0.4, -0.2) is 45.4 Å². The fourth-order valence-corrected chi connectivity index (χ4v) is 8.26. The van der Waals surface area contributed by atoms with Crippen molar-refractivity contribution in [2.24, 2.45) is 0 Å². The minimum absolute atomic E-state index is 0.00552. The first-order valence-electron chi connectivity index (χ1n) is 11.8. The molecule has 1 amide bonds. The number of benzene rings is 2. The Bertz CT molecular complexity index is 1380. The van der Waals surface area contributed by atoms with Gasteiger partial charge in [-0.05, 0) is 89.7 Å². The highest BCUT2D eigenvalue weighted by atomic mass is 79.9. The van der Waals surface area contributed by atoms with Crippen molar-refractivity contribution in [1.29, 1.82) is 0 Å². The molecule has 0 atom stereocenters. The summed E-state index contributed by atoms with van der Waals surface area (Å²) >= 11 is 4.39. The predicted octanol–water partition coefficient (Wildman–Crippen LogP) is 4.93. The SMILES string of the molecule is COC(=O)c1ccc(NS(=O)(=O)c2c(Br)sc(C(=O)NCc3ccc(CN4CCCC4)cc3)c2C)cc1. The summed E-state index contributed by atoms with van der Waals surface area (Å²) in [6.07, 6.45) is 2.51. The number of thiophene rings is 1. The molecule has 2 heterocycles. The number of likely N-dealkylation sites (tertiary alicyclic amines) is 1. The third-order valence-electron chi connectivity index (χ3n) is 6.17. The van der Waals surface area contributed by atoms with Crippen LogP contribution >= 0.6 is 27.3 Å². The molecule has 0 radical (unpaired) electrons. The third-order valence-corrected chi connectivity index (χ3v) is 10.1. The monoisotopic (exact) mass is 605 g/mol. The van der Waals surface area contributed by atoms with Crippen LogP contribution in [0.2, 0.25) is 0 Å². The molecule has 2 N–H and O–H groups in total. The van der Waals surface area contributed by atoms with E-state index in [1.807, 2.05) is 12.1 Å². The summed E-state index contributed by atoms with van der Waals surface area (Å²) in [7, 11) is -2.72. The van der Waals surface area contributed by atoms with Gasteiger partial charge in [0.1, 0.15) is 4.90 Å². The summed E-state index contributed by atoms with van der Waals surface area (Å²) in [6, 6.07) is 14.1. The van der Waals surface area contributed by atoms with Crippen LogP contribution in [0, 0.1) is 6.92 Å². The first-order valence-corrected chi connectivity index (χ1v) is 14.9. The van der Waals surface area contributed by atoms with Crippen molar-refractivity contribution in [2.75, 3.05) is 24.9 Å². The first-order chi connectivity index (χ1) is 17.7. The molecular weight excluding hydrogens is 578 g/mol. The maximum Gasteiger partial charge on any atom is 0.337 e. The van der Waals surface area contributed by atoms with Crippen LogP contribution in [0.15, 0.2) is 57.2 Å². The van der Waals surface area contributed by atoms with Crippen molar-refractivity contribution in [1.82, 2.24) is 10.2 Å². The molecule has 196 valence electrons. The highest BCUT2D eigenvalue weighted by molar-refractivity contribution is 9.11. The summed E-state index contributed by atoms with van der Waals surface area (Å²) in [5, 5.41) is 2.89. The topological polar surface area (TPSA) is 105 Å². The quantitative estimate of drug-likeness (QED) is 0.335. The Morgan fingerprint density at radius 1 is 1.03 bits per heavy atom. The number of esters is 1. The van der Waals surface area contributed by atoms with E-state index in [0.29, 0.717) is 26.3 Å². The van der Waals surface area contributed by atoms with Crippen molar-refractivity contribution in [3.8, 4) is 0 Å². The molecule has 0 unspecified atom stereocenters. The van der Waals surface area contributed by atoms with E-state index >= 15 is 0 Å². The van der Waals surface area contributed by atoms with Crippen LogP contribution < -0.4 is 10.0 Å². The van der Waals surface area contributed by atoms with Crippen molar-refractivity contribution < 1.29 is 22.7 Å². The molecule has 0 bridgehead atoms. The van der Waals surface area contributed by atoms with Crippen LogP contribution in [0.25, 0.3) is 0 Å². The van der Waals surface area contributed by atoms with Gasteiger partial charge in [0, 0.05) is 18.8 Å². The van der Waals surface area contributed by atoms with Crippen molar-refractivity contribution >= 4 is 54.9 Å². The number of nitrogens with zero attached hydrogens (tertiary/aromatic N) is 1. The summed E-state index contributed by atoms with van der Waals surface area (Å²) in [6.45, 7) is 5.17. The van der Waals surface area contributed by atoms with Crippen LogP contribution in [-0.2, 0) is 27.8 Å². The lowest BCUT2D eigenvalue weighted by molar-refractivity contribution is 0.0600. The highest BCUT2D eigenvalue weighted by Gasteiger charge is 2.28. The molecule has 1 aromatic heterocycles. The maximum atomic E-state index is 13.1. The standard InChI is InChI=1S/C26H28BrN3O5S2/c1-17-22(25(31)28-15-18-5-7-19(8-6-18)16-30-13-3-4-14-30)36-24(27)23(17)37(33,34)29-21-11-9-20(10-12-21)26(32)35-2/h5-12,29H,3-4,13-16H2,1-2H3,(H,28,31). The Hall–Kier alpha value is -2.73. The van der Waals surface area contributed by atoms with Gasteiger partial charge < -0.3 is 10.1 Å². The van der Waals surface area contributed by atoms with Gasteiger partial charge >= 0.3 is 5.97 Å². The molecule has 1 fully saturated rings. The minimum atomic E-state index is -3.99. The molecule has 0 aliphatic carbocycles. The number of amides is 1. The van der Waals surface area contributed by atoms with Crippen LogP contribution in [0.3, 0.4) is 0 Å². The molecule has 8 nitrogen and oxygen atoms in total. The summed E-state index contributed by atoms with van der Waals surface area (Å²) in [5.41, 5.74) is 3.16. The molecule has 2 aromatic carbocycles. The maximum absolute atomic E-state index is 13.1. The van der Waals surface area contributed by atoms with E-state index in [-0.39, 0.29) is 16.5 Å². The number of methoxy groups -OCH3 is 1. The van der Waals surface area contributed by atoms with Crippen molar-refractivity contribution in [3.63, 3.8) is 0 Å². The smallest absolute Gasteiger partial charge is 0.337 e. The number of anilines is 1. The van der Waals surface area contributed by atoms with Gasteiger partial charge in [0.25, 0.3) is 15.9 Å². The van der Waals surface area contributed by atoms with Crippen LogP contribution in [0.5, 0.6) is 0 Å². The van der Waals surface area contributed by atoms with E-state index in [4.69, 9.17) is 0 Å². The minimum Gasteiger partial charge on any atom is -0.465 e. The predicted molar refractivity (Wildman–Crippen MR) is 147 cm³/mol. The van der Waals surface area contributed by atoms with Crippen LogP contribution in [0.1, 0.15) is 49.6 Å². The van der Waals surface area contributed by atoms with E-state index < -0.39 is 16.0 Å². The van der Waals surface area contributed by atoms with Gasteiger partial charge in [0.15, 0.2) is 0 Å². The molecule has 0 spiro atoms. The second-order valence-electron chi connectivity index (χ2n) is 8.82. The third kappa shape index (κ3) is 6.59. The number of hydrogen-bond donors (Lipinski definition) is 2. The van der Waals surface area contributed by atoms with Gasteiger partial charge in [0.2, 0.25) is 0 Å². The Morgan fingerprint density at radius 2 is 1.65 bits per heavy atom. The summed E-state index contributed by atoms with van der Waals surface area (Å²) < 4.78 is 33.8. The fraction of sp³-hybridized carbons (Fsp3) is 0.308. The van der Waals surface area contributed by atoms with E-state index in [2.05, 4.69) is 47.7 Å². The summed E-state index contributed by atoms with van der Waals surface area (Å²) in [5.74, 6) is -0.854. The van der Waals surface area contributed by atoms with E-state index in [9.17, 15) is 18.0 Å². The Labute approximate surface area is 229 Å². The van der Waals surface area contributed by atoms with Crippen LogP contribution in [0.4, 0.5) is 5.69 Å². The van der Waals surface area contributed by atoms with Crippen molar-refractivity contribution in [3.05, 3.63) is 79.4 Å². The molecule has 1 aliphatic rings. The zero-order chi connectivity index (χ0) is 26.6. The lowest BCUT2D eigenvalue weighted by atomic mass is 10.1. The Balaban J connectivity index is 1.41. The second kappa shape index (κ2) is 11.8. The number of nitrogens with one attached hydrogen (secondary N) is 2. The number of carbonyl (C=O) groups excluding carboxylic acids is 2. The lowest BCUT2D eigenvalue weighted by Crippen LogP contribution is -2.23. The second-order valence-corrected chi connectivity index (χ2v) is 12.8. The van der Waals surface area contributed by atoms with Gasteiger partial charge in [0.05, 0.1) is 21.3 Å². The fourth-order valence-electron chi connectivity index (χ4n) is 4.21. The zero-order valence-electron chi connectivity index (χ0n) is 20.5. The lowest BCUT2D eigenvalue weighted by Gasteiger charge is -2.14. The molecular formula is C26H28BrN3O5S2. The number of carbonyl (C=O) groups is 2. The van der Waals surface area contributed by atoms with Gasteiger partial charge in [-0.15, -0.1) is 11.3 Å². The Kier molecular flexibility index (Phi) is 8.68. The average molecular weight is 607 g/mol. The van der Waals surface area contributed by atoms with Gasteiger partial charge in [-0.2, -0.15) is 0 Å². The number of hydrogen-bond acceptors (Lipinski definition) is 7. The number of halogens is 1. The summed E-state index contributed by atoms with van der Waals surface area (Å²) in [4.78, 5) is 27.3. The zero-order valence-corrected chi connectivity index (χ0v) is 23.8. The molecule has 37 heavy (non-hydrogen) atoms. The van der Waals surface area contributed by atoms with Gasteiger partial charge in [-0.25, -0.2) is 13.2 Å². The largest absolute Gasteiger partial charge is 0.465 e. The molecule has 1 aliphatic heterocycles. The van der Waals surface area contributed by atoms with Crippen molar-refractivity contribution in [2.45, 2.75) is 37.8 Å². The highest BCUT2D eigenvalue weighted by Crippen LogP contribution is 2.37. The normalized spacial score (nSPS) is 13.9. The molecule has 3 aromatic rings. The first kappa shape index (κ1) is 27.3. The number of rotatable bonds is 9. The number of sulfonamides is 1. The number of ether oxygens (including phenoxy) is 1. The van der Waals surface area contributed by atoms with E-state index in [0.717, 1.165) is 36.5 Å². The molecule has 0 saturated carbocycles.